The van der Waals surface area contributed by atoms with E-state index in [2.05, 4.69) is 4.72 Å². The number of benzene rings is 2. The lowest BCUT2D eigenvalue weighted by Crippen LogP contribution is -2.48. The average Bonchev–Trinajstić information content (AvgIpc) is 2.63. The van der Waals surface area contributed by atoms with E-state index in [-0.39, 0.29) is 23.0 Å². The van der Waals surface area contributed by atoms with Crippen LogP contribution in [0.5, 0.6) is 0 Å². The lowest BCUT2D eigenvalue weighted by atomic mass is 10.1. The van der Waals surface area contributed by atoms with Crippen LogP contribution < -0.4 is 4.72 Å². The average molecular weight is 403 g/mol. The molecule has 1 heterocycles. The molecule has 2 unspecified atom stereocenters. The molecule has 2 aromatic carbocycles. The first kappa shape index (κ1) is 20.4. The predicted octanol–water partition coefficient (Wildman–Crippen LogP) is 3.35. The van der Waals surface area contributed by atoms with E-state index in [4.69, 9.17) is 4.74 Å². The molecule has 1 saturated heterocycles. The van der Waals surface area contributed by atoms with Gasteiger partial charge in [-0.1, -0.05) is 6.07 Å². The zero-order valence-electron chi connectivity index (χ0n) is 16.6. The summed E-state index contributed by atoms with van der Waals surface area (Å²) in [5, 5.41) is 0. The van der Waals surface area contributed by atoms with Crippen LogP contribution in [0.3, 0.4) is 0 Å². The Morgan fingerprint density at radius 3 is 2.18 bits per heavy atom. The van der Waals surface area contributed by atoms with E-state index < -0.39 is 10.0 Å². The summed E-state index contributed by atoms with van der Waals surface area (Å²) in [4.78, 5) is 14.7. The number of rotatable bonds is 4. The van der Waals surface area contributed by atoms with Gasteiger partial charge in [0.25, 0.3) is 15.9 Å². The number of hydrogen-bond donors (Lipinski definition) is 1. The van der Waals surface area contributed by atoms with Gasteiger partial charge in [-0.15, -0.1) is 0 Å². The third kappa shape index (κ3) is 4.54. The van der Waals surface area contributed by atoms with E-state index >= 15 is 0 Å². The summed E-state index contributed by atoms with van der Waals surface area (Å²) in [5.41, 5.74) is 2.89. The van der Waals surface area contributed by atoms with Gasteiger partial charge < -0.3 is 9.64 Å². The first-order valence-corrected chi connectivity index (χ1v) is 10.8. The van der Waals surface area contributed by atoms with Crippen LogP contribution >= 0.6 is 0 Å². The maximum Gasteiger partial charge on any atom is 0.261 e. The SMILES string of the molecule is Cc1ccc(S(=O)(=O)Nc2ccc(C(=O)N3CC(C)OC(C)C3)cc2)cc1C. The molecule has 0 saturated carbocycles. The molecule has 150 valence electrons. The molecule has 6 nitrogen and oxygen atoms in total. The Kier molecular flexibility index (Phi) is 5.76. The van der Waals surface area contributed by atoms with Crippen LogP contribution in [0, 0.1) is 13.8 Å². The number of sulfonamides is 1. The molecule has 0 aromatic heterocycles. The quantitative estimate of drug-likeness (QED) is 0.851. The van der Waals surface area contributed by atoms with Gasteiger partial charge in [-0.3, -0.25) is 9.52 Å². The van der Waals surface area contributed by atoms with E-state index in [9.17, 15) is 13.2 Å². The molecule has 7 heteroatoms. The molecule has 2 atom stereocenters. The number of carbonyl (C=O) groups excluding carboxylic acids is 1. The first-order chi connectivity index (χ1) is 13.2. The predicted molar refractivity (Wildman–Crippen MR) is 109 cm³/mol. The van der Waals surface area contributed by atoms with E-state index in [1.165, 1.54) is 0 Å². The van der Waals surface area contributed by atoms with Crippen molar-refractivity contribution in [2.24, 2.45) is 0 Å². The number of ether oxygens (including phenoxy) is 1. The van der Waals surface area contributed by atoms with Crippen LogP contribution in [0.1, 0.15) is 35.3 Å². The highest BCUT2D eigenvalue weighted by Crippen LogP contribution is 2.20. The Morgan fingerprint density at radius 2 is 1.61 bits per heavy atom. The minimum Gasteiger partial charge on any atom is -0.372 e. The molecular weight excluding hydrogens is 376 g/mol. The zero-order chi connectivity index (χ0) is 20.5. The van der Waals surface area contributed by atoms with Crippen LogP contribution in [-0.4, -0.2) is 44.5 Å². The van der Waals surface area contributed by atoms with Crippen LogP contribution in [0.2, 0.25) is 0 Å². The molecule has 3 rings (SSSR count). The Bertz CT molecular complexity index is 960. The number of carbonyl (C=O) groups is 1. The summed E-state index contributed by atoms with van der Waals surface area (Å²) in [6, 6.07) is 11.5. The molecule has 0 radical (unpaired) electrons. The molecular formula is C21H26N2O4S. The Labute approximate surface area is 166 Å². The van der Waals surface area contributed by atoms with Gasteiger partial charge in [-0.2, -0.15) is 0 Å². The van der Waals surface area contributed by atoms with Crippen molar-refractivity contribution in [3.05, 3.63) is 59.2 Å². The Balaban J connectivity index is 1.73. The van der Waals surface area contributed by atoms with Crippen molar-refractivity contribution in [1.82, 2.24) is 4.90 Å². The topological polar surface area (TPSA) is 75.7 Å². The Hall–Kier alpha value is -2.38. The van der Waals surface area contributed by atoms with Gasteiger partial charge in [0.15, 0.2) is 0 Å². The second-order valence-corrected chi connectivity index (χ2v) is 9.08. The number of morpholine rings is 1. The normalized spacial score (nSPS) is 20.1. The number of anilines is 1. The van der Waals surface area contributed by atoms with Crippen LogP contribution in [-0.2, 0) is 14.8 Å². The second-order valence-electron chi connectivity index (χ2n) is 7.40. The summed E-state index contributed by atoms with van der Waals surface area (Å²) in [5.74, 6) is -0.0782. The molecule has 0 bridgehead atoms. The lowest BCUT2D eigenvalue weighted by molar-refractivity contribution is -0.0586. The van der Waals surface area contributed by atoms with Crippen molar-refractivity contribution < 1.29 is 17.9 Å². The number of nitrogens with one attached hydrogen (secondary N) is 1. The van der Waals surface area contributed by atoms with E-state index in [1.807, 2.05) is 27.7 Å². The van der Waals surface area contributed by atoms with Gasteiger partial charge in [0, 0.05) is 24.3 Å². The monoisotopic (exact) mass is 402 g/mol. The maximum absolute atomic E-state index is 12.7. The van der Waals surface area contributed by atoms with Gasteiger partial charge >= 0.3 is 0 Å². The number of aryl methyl sites for hydroxylation is 2. The summed E-state index contributed by atoms with van der Waals surface area (Å²) < 4.78 is 33.4. The molecule has 1 amide bonds. The van der Waals surface area contributed by atoms with Crippen molar-refractivity contribution in [3.8, 4) is 0 Å². The summed E-state index contributed by atoms with van der Waals surface area (Å²) in [7, 11) is -3.68. The van der Waals surface area contributed by atoms with Crippen molar-refractivity contribution in [2.75, 3.05) is 17.8 Å². The largest absolute Gasteiger partial charge is 0.372 e. The first-order valence-electron chi connectivity index (χ1n) is 9.30. The lowest BCUT2D eigenvalue weighted by Gasteiger charge is -2.35. The van der Waals surface area contributed by atoms with Crippen molar-refractivity contribution in [2.45, 2.75) is 44.8 Å². The molecule has 1 fully saturated rings. The van der Waals surface area contributed by atoms with Crippen molar-refractivity contribution in [1.29, 1.82) is 0 Å². The summed E-state index contributed by atoms with van der Waals surface area (Å²) >= 11 is 0. The van der Waals surface area contributed by atoms with Gasteiger partial charge in [0.1, 0.15) is 0 Å². The van der Waals surface area contributed by atoms with Crippen LogP contribution in [0.25, 0.3) is 0 Å². The van der Waals surface area contributed by atoms with E-state index in [1.54, 1.807) is 47.4 Å². The van der Waals surface area contributed by atoms with Gasteiger partial charge in [-0.05, 0) is 75.2 Å². The summed E-state index contributed by atoms with van der Waals surface area (Å²) in [6.07, 6.45) is -0.00602. The van der Waals surface area contributed by atoms with Gasteiger partial charge in [-0.25, -0.2) is 8.42 Å². The molecule has 0 spiro atoms. The highest BCUT2D eigenvalue weighted by atomic mass is 32.2. The zero-order valence-corrected chi connectivity index (χ0v) is 17.4. The molecule has 0 aliphatic carbocycles. The fourth-order valence-corrected chi connectivity index (χ4v) is 4.45. The minimum absolute atomic E-state index is 0.00301. The molecule has 2 aromatic rings. The fraction of sp³-hybridized carbons (Fsp3) is 0.381. The second kappa shape index (κ2) is 7.93. The number of amides is 1. The summed E-state index contributed by atoms with van der Waals surface area (Å²) in [6.45, 7) is 8.79. The van der Waals surface area contributed by atoms with Crippen LogP contribution in [0.4, 0.5) is 5.69 Å². The Morgan fingerprint density at radius 1 is 1.00 bits per heavy atom. The highest BCUT2D eigenvalue weighted by molar-refractivity contribution is 7.92. The number of hydrogen-bond acceptors (Lipinski definition) is 4. The third-order valence-corrected chi connectivity index (χ3v) is 6.26. The van der Waals surface area contributed by atoms with Gasteiger partial charge in [0.05, 0.1) is 17.1 Å². The minimum atomic E-state index is -3.68. The molecule has 1 aliphatic heterocycles. The van der Waals surface area contributed by atoms with E-state index in [0.29, 0.717) is 24.3 Å². The standard InChI is InChI=1S/C21H26N2O4S/c1-14-5-10-20(11-15(14)2)28(25,26)22-19-8-6-18(7-9-19)21(24)23-12-16(3)27-17(4)13-23/h5-11,16-17,22H,12-13H2,1-4H3. The maximum atomic E-state index is 12.7. The molecule has 1 N–H and O–H groups in total. The highest BCUT2D eigenvalue weighted by Gasteiger charge is 2.26. The van der Waals surface area contributed by atoms with Gasteiger partial charge in [0.2, 0.25) is 0 Å². The fourth-order valence-electron chi connectivity index (χ4n) is 3.30. The van der Waals surface area contributed by atoms with Crippen LogP contribution in [0.15, 0.2) is 47.4 Å². The van der Waals surface area contributed by atoms with Crippen molar-refractivity contribution in [3.63, 3.8) is 0 Å². The molecule has 28 heavy (non-hydrogen) atoms. The molecule has 1 aliphatic rings. The van der Waals surface area contributed by atoms with E-state index in [0.717, 1.165) is 11.1 Å². The number of nitrogens with zero attached hydrogens (tertiary/aromatic N) is 1. The van der Waals surface area contributed by atoms with Crippen molar-refractivity contribution >= 4 is 21.6 Å². The third-order valence-electron chi connectivity index (χ3n) is 4.88. The smallest absolute Gasteiger partial charge is 0.261 e.